The van der Waals surface area contributed by atoms with E-state index in [9.17, 15) is 31.1 Å². The van der Waals surface area contributed by atoms with Crippen molar-refractivity contribution in [1.29, 1.82) is 0 Å². The molecule has 0 unspecified atom stereocenters. The van der Waals surface area contributed by atoms with Gasteiger partial charge in [-0.15, -0.1) is 0 Å². The fourth-order valence-electron chi connectivity index (χ4n) is 4.43. The van der Waals surface area contributed by atoms with Gasteiger partial charge in [-0.2, -0.15) is 26.3 Å². The van der Waals surface area contributed by atoms with Crippen molar-refractivity contribution >= 4 is 23.0 Å². The summed E-state index contributed by atoms with van der Waals surface area (Å²) in [5, 5.41) is 6.13. The molecule has 0 radical (unpaired) electrons. The minimum Gasteiger partial charge on any atom is -0.397 e. The average Bonchev–Trinajstić information content (AvgIpc) is 3.17. The van der Waals surface area contributed by atoms with Gasteiger partial charge in [0.05, 0.1) is 22.5 Å². The number of amides is 1. The summed E-state index contributed by atoms with van der Waals surface area (Å²) in [7, 11) is 0. The third-order valence-corrected chi connectivity index (χ3v) is 6.14. The maximum Gasteiger partial charge on any atom is 0.418 e. The quantitative estimate of drug-likeness (QED) is 0.391. The summed E-state index contributed by atoms with van der Waals surface area (Å²) in [5.41, 5.74) is 0.499. The summed E-state index contributed by atoms with van der Waals surface area (Å²) in [6.07, 6.45) is -5.30. The molecular weight excluding hydrogens is 464 g/mol. The normalized spacial score (nSPS) is 17.9. The molecule has 0 aromatic heterocycles. The molecule has 3 N–H and O–H groups in total. The number of nitrogen functional groups attached to an aromatic ring is 1. The highest BCUT2D eigenvalue weighted by Gasteiger charge is 2.42. The van der Waals surface area contributed by atoms with Crippen LogP contribution in [0, 0.1) is 0 Å². The van der Waals surface area contributed by atoms with E-state index in [1.165, 1.54) is 6.07 Å². The van der Waals surface area contributed by atoms with E-state index in [4.69, 9.17) is 10.6 Å². The highest BCUT2D eigenvalue weighted by Crippen LogP contribution is 2.44. The van der Waals surface area contributed by atoms with Gasteiger partial charge in [-0.25, -0.2) is 0 Å². The summed E-state index contributed by atoms with van der Waals surface area (Å²) in [5.74, 6) is -0.816. The van der Waals surface area contributed by atoms with Gasteiger partial charge in [-0.05, 0) is 55.0 Å². The number of anilines is 2. The summed E-state index contributed by atoms with van der Waals surface area (Å²) < 4.78 is 81.5. The lowest BCUT2D eigenvalue weighted by Crippen LogP contribution is -2.34. The van der Waals surface area contributed by atoms with Gasteiger partial charge in [0, 0.05) is 6.42 Å². The van der Waals surface area contributed by atoms with Crippen molar-refractivity contribution < 1.29 is 36.0 Å². The van der Waals surface area contributed by atoms with Crippen molar-refractivity contribution in [2.45, 2.75) is 56.5 Å². The number of benzene rings is 2. The molecule has 2 aromatic carbocycles. The number of nitrogens with one attached hydrogen (secondary N) is 1. The second-order valence-corrected chi connectivity index (χ2v) is 8.53. The predicted molar refractivity (Wildman–Crippen MR) is 114 cm³/mol. The van der Waals surface area contributed by atoms with Gasteiger partial charge in [0.25, 0.3) is 5.91 Å². The molecule has 1 saturated carbocycles. The minimum atomic E-state index is -4.97. The molecule has 4 rings (SSSR count). The molecule has 11 heteroatoms. The van der Waals surface area contributed by atoms with Crippen molar-refractivity contribution in [1.82, 2.24) is 0 Å². The number of alkyl halides is 6. The summed E-state index contributed by atoms with van der Waals surface area (Å²) in [6, 6.07) is 5.78. The van der Waals surface area contributed by atoms with E-state index in [0.717, 1.165) is 43.5 Å². The number of carbonyl (C=O) groups excluding carboxylic acids is 1. The van der Waals surface area contributed by atoms with E-state index in [1.807, 2.05) is 0 Å². The Hall–Kier alpha value is -3.24. The third kappa shape index (κ3) is 4.69. The molecule has 1 fully saturated rings. The van der Waals surface area contributed by atoms with Crippen LogP contribution in [0.4, 0.5) is 37.7 Å². The van der Waals surface area contributed by atoms with Crippen LogP contribution in [0.15, 0.2) is 41.6 Å². The zero-order valence-electron chi connectivity index (χ0n) is 17.8. The van der Waals surface area contributed by atoms with Gasteiger partial charge in [0.15, 0.2) is 0 Å². The van der Waals surface area contributed by atoms with Gasteiger partial charge in [0.1, 0.15) is 11.3 Å². The van der Waals surface area contributed by atoms with Crippen LogP contribution in [0.2, 0.25) is 0 Å². The number of nitrogens with two attached hydrogens (primary N) is 1. The average molecular weight is 485 g/mol. The van der Waals surface area contributed by atoms with Crippen molar-refractivity contribution in [3.05, 3.63) is 47.5 Å². The fraction of sp³-hybridized carbons (Fsp3) is 0.391. The van der Waals surface area contributed by atoms with E-state index >= 15 is 0 Å². The highest BCUT2D eigenvalue weighted by molar-refractivity contribution is 6.43. The molecule has 0 atom stereocenters. The van der Waals surface area contributed by atoms with Gasteiger partial charge in [-0.3, -0.25) is 4.79 Å². The Morgan fingerprint density at radius 1 is 0.971 bits per heavy atom. The standard InChI is InChI=1S/C23H21F6N3O2/c24-22(25,26)15-7-3-2-6-14(15)13-10-16(23(27,28)29)19(30)17(11-13)31-20(33)18-12-21(34-32-18)8-4-1-5-9-21/h2-3,6-7,10-11H,1,4-5,8-9,12,30H2,(H,31,33). The van der Waals surface area contributed by atoms with Gasteiger partial charge >= 0.3 is 12.4 Å². The van der Waals surface area contributed by atoms with Gasteiger partial charge in [-0.1, -0.05) is 29.8 Å². The Balaban J connectivity index is 1.70. The predicted octanol–water partition coefficient (Wildman–Crippen LogP) is 6.39. The molecule has 34 heavy (non-hydrogen) atoms. The maximum atomic E-state index is 13.7. The first-order valence-electron chi connectivity index (χ1n) is 10.6. The van der Waals surface area contributed by atoms with Crippen LogP contribution in [0.3, 0.4) is 0 Å². The molecule has 0 saturated heterocycles. The number of rotatable bonds is 3. The maximum absolute atomic E-state index is 13.7. The Kier molecular flexibility index (Phi) is 5.99. The van der Waals surface area contributed by atoms with Crippen molar-refractivity contribution in [2.24, 2.45) is 5.16 Å². The molecule has 1 spiro atoms. The first kappa shape index (κ1) is 23.9. The Labute approximate surface area is 190 Å². The molecule has 1 heterocycles. The number of nitrogens with zero attached hydrogens (tertiary/aromatic N) is 1. The summed E-state index contributed by atoms with van der Waals surface area (Å²) in [6.45, 7) is 0. The summed E-state index contributed by atoms with van der Waals surface area (Å²) in [4.78, 5) is 18.3. The zero-order valence-corrected chi connectivity index (χ0v) is 17.8. The lowest BCUT2D eigenvalue weighted by atomic mass is 9.81. The monoisotopic (exact) mass is 485 g/mol. The molecule has 1 aliphatic carbocycles. The fourth-order valence-corrected chi connectivity index (χ4v) is 4.43. The zero-order chi connectivity index (χ0) is 24.7. The Morgan fingerprint density at radius 2 is 1.62 bits per heavy atom. The number of halogens is 6. The number of hydrogen-bond donors (Lipinski definition) is 2. The van der Waals surface area contributed by atoms with Crippen molar-refractivity contribution in [3.63, 3.8) is 0 Å². The van der Waals surface area contributed by atoms with E-state index in [0.29, 0.717) is 18.9 Å². The Morgan fingerprint density at radius 3 is 2.26 bits per heavy atom. The molecule has 1 aliphatic heterocycles. The lowest BCUT2D eigenvalue weighted by Gasteiger charge is -2.30. The van der Waals surface area contributed by atoms with Gasteiger partial charge in [0.2, 0.25) is 0 Å². The van der Waals surface area contributed by atoms with Gasteiger partial charge < -0.3 is 15.9 Å². The SMILES string of the molecule is Nc1c(NC(=O)C2=NOC3(CCCCC3)C2)cc(-c2ccccc2C(F)(F)F)cc1C(F)(F)F. The molecule has 182 valence electrons. The highest BCUT2D eigenvalue weighted by atomic mass is 19.4. The van der Waals surface area contributed by atoms with Crippen LogP contribution in [0.1, 0.15) is 49.7 Å². The third-order valence-electron chi connectivity index (χ3n) is 6.14. The molecule has 5 nitrogen and oxygen atoms in total. The second-order valence-electron chi connectivity index (χ2n) is 8.53. The van der Waals surface area contributed by atoms with E-state index in [1.54, 1.807) is 0 Å². The van der Waals surface area contributed by atoms with Crippen molar-refractivity contribution in [2.75, 3.05) is 11.1 Å². The molecule has 2 aromatic rings. The van der Waals surface area contributed by atoms with Crippen LogP contribution in [0.25, 0.3) is 11.1 Å². The topological polar surface area (TPSA) is 76.7 Å². The van der Waals surface area contributed by atoms with Crippen molar-refractivity contribution in [3.8, 4) is 11.1 Å². The van der Waals surface area contributed by atoms with Crippen LogP contribution in [-0.2, 0) is 22.0 Å². The van der Waals surface area contributed by atoms with E-state index in [2.05, 4.69) is 10.5 Å². The number of oxime groups is 1. The van der Waals surface area contributed by atoms with Crippen LogP contribution in [0.5, 0.6) is 0 Å². The van der Waals surface area contributed by atoms with E-state index < -0.39 is 57.5 Å². The molecule has 2 aliphatic rings. The van der Waals surface area contributed by atoms with Crippen LogP contribution in [-0.4, -0.2) is 17.2 Å². The number of carbonyl (C=O) groups is 1. The number of hydrogen-bond acceptors (Lipinski definition) is 4. The first-order chi connectivity index (χ1) is 15.9. The molecule has 1 amide bonds. The van der Waals surface area contributed by atoms with Crippen LogP contribution >= 0.6 is 0 Å². The summed E-state index contributed by atoms with van der Waals surface area (Å²) >= 11 is 0. The second kappa shape index (κ2) is 8.52. The van der Waals surface area contributed by atoms with Crippen LogP contribution < -0.4 is 11.1 Å². The largest absolute Gasteiger partial charge is 0.418 e. The molecular formula is C23H21F6N3O2. The lowest BCUT2D eigenvalue weighted by molar-refractivity contribution is -0.137. The smallest absolute Gasteiger partial charge is 0.397 e. The van der Waals surface area contributed by atoms with E-state index in [-0.39, 0.29) is 12.1 Å². The first-order valence-corrected chi connectivity index (χ1v) is 10.6. The molecule has 0 bridgehead atoms. The Bertz CT molecular complexity index is 1130. The minimum absolute atomic E-state index is 0.00375.